The zero-order valence-electron chi connectivity index (χ0n) is 11.1. The lowest BCUT2D eigenvalue weighted by molar-refractivity contribution is 0.0779. The van der Waals surface area contributed by atoms with Crippen LogP contribution in [0.2, 0.25) is 10.0 Å². The molecule has 0 aliphatic carbocycles. The van der Waals surface area contributed by atoms with Crippen molar-refractivity contribution in [2.24, 2.45) is 0 Å². The van der Waals surface area contributed by atoms with Gasteiger partial charge in [0, 0.05) is 19.8 Å². The van der Waals surface area contributed by atoms with Crippen molar-refractivity contribution in [3.63, 3.8) is 0 Å². The molecule has 1 amide bonds. The number of halogens is 2. The third-order valence-electron chi connectivity index (χ3n) is 2.75. The SMILES string of the molecule is Cc1cnc(C(=O)N(C)Cc2ccc(Cl)c(Cl)c2)cn1. The van der Waals surface area contributed by atoms with Crippen molar-refractivity contribution < 1.29 is 4.79 Å². The molecule has 104 valence electrons. The van der Waals surface area contributed by atoms with Crippen molar-refractivity contribution >= 4 is 29.1 Å². The van der Waals surface area contributed by atoms with Gasteiger partial charge in [0.15, 0.2) is 0 Å². The van der Waals surface area contributed by atoms with Crippen molar-refractivity contribution in [1.29, 1.82) is 0 Å². The molecule has 2 rings (SSSR count). The van der Waals surface area contributed by atoms with Crippen LogP contribution in [0, 0.1) is 6.92 Å². The number of carbonyl (C=O) groups excluding carboxylic acids is 1. The molecule has 0 spiro atoms. The van der Waals surface area contributed by atoms with E-state index in [2.05, 4.69) is 9.97 Å². The predicted molar refractivity (Wildman–Crippen MR) is 79.0 cm³/mol. The van der Waals surface area contributed by atoms with Crippen LogP contribution in [-0.2, 0) is 6.54 Å². The summed E-state index contributed by atoms with van der Waals surface area (Å²) >= 11 is 11.8. The maximum absolute atomic E-state index is 12.2. The summed E-state index contributed by atoms with van der Waals surface area (Å²) in [5.74, 6) is -0.191. The Labute approximate surface area is 127 Å². The van der Waals surface area contributed by atoms with E-state index in [1.54, 1.807) is 30.3 Å². The number of aromatic nitrogens is 2. The molecule has 0 aliphatic heterocycles. The monoisotopic (exact) mass is 309 g/mol. The Bertz CT molecular complexity index is 629. The molecule has 0 bridgehead atoms. The summed E-state index contributed by atoms with van der Waals surface area (Å²) in [5, 5.41) is 0.967. The highest BCUT2D eigenvalue weighted by atomic mass is 35.5. The Morgan fingerprint density at radius 1 is 1.20 bits per heavy atom. The largest absolute Gasteiger partial charge is 0.336 e. The lowest BCUT2D eigenvalue weighted by Crippen LogP contribution is -2.27. The van der Waals surface area contributed by atoms with Crippen LogP contribution >= 0.6 is 23.2 Å². The second-order valence-electron chi connectivity index (χ2n) is 4.45. The standard InChI is InChI=1S/C14H13Cl2N3O/c1-9-6-18-13(7-17-9)14(20)19(2)8-10-3-4-11(15)12(16)5-10/h3-7H,8H2,1-2H3. The van der Waals surface area contributed by atoms with Crippen LogP contribution in [-0.4, -0.2) is 27.8 Å². The van der Waals surface area contributed by atoms with Crippen LogP contribution < -0.4 is 0 Å². The quantitative estimate of drug-likeness (QED) is 0.873. The van der Waals surface area contributed by atoms with Gasteiger partial charge in [0.2, 0.25) is 0 Å². The molecule has 4 nitrogen and oxygen atoms in total. The maximum atomic E-state index is 12.2. The van der Waals surface area contributed by atoms with E-state index >= 15 is 0 Å². The molecular weight excluding hydrogens is 297 g/mol. The lowest BCUT2D eigenvalue weighted by atomic mass is 10.2. The molecule has 2 aromatic rings. The third-order valence-corrected chi connectivity index (χ3v) is 3.49. The van der Waals surface area contributed by atoms with E-state index in [1.807, 2.05) is 13.0 Å². The van der Waals surface area contributed by atoms with E-state index in [-0.39, 0.29) is 5.91 Å². The molecular formula is C14H13Cl2N3O. The third kappa shape index (κ3) is 3.46. The number of hydrogen-bond acceptors (Lipinski definition) is 3. The van der Waals surface area contributed by atoms with Gasteiger partial charge in [-0.15, -0.1) is 0 Å². The highest BCUT2D eigenvalue weighted by Gasteiger charge is 2.14. The molecule has 0 radical (unpaired) electrons. The van der Waals surface area contributed by atoms with E-state index < -0.39 is 0 Å². The van der Waals surface area contributed by atoms with E-state index in [0.717, 1.165) is 11.3 Å². The van der Waals surface area contributed by atoms with Crippen molar-refractivity contribution in [3.8, 4) is 0 Å². The number of hydrogen-bond donors (Lipinski definition) is 0. The zero-order valence-corrected chi connectivity index (χ0v) is 12.6. The van der Waals surface area contributed by atoms with E-state index in [0.29, 0.717) is 22.3 Å². The Hall–Kier alpha value is -1.65. The first-order chi connectivity index (χ1) is 9.47. The fourth-order valence-corrected chi connectivity index (χ4v) is 2.00. The predicted octanol–water partition coefficient (Wildman–Crippen LogP) is 3.36. The minimum Gasteiger partial charge on any atom is -0.336 e. The van der Waals surface area contributed by atoms with Crippen LogP contribution in [0.3, 0.4) is 0 Å². The van der Waals surface area contributed by atoms with E-state index in [1.165, 1.54) is 6.20 Å². The van der Waals surface area contributed by atoms with Gasteiger partial charge in [-0.3, -0.25) is 9.78 Å². The van der Waals surface area contributed by atoms with Crippen LogP contribution in [0.25, 0.3) is 0 Å². The molecule has 0 fully saturated rings. The van der Waals surface area contributed by atoms with Crippen LogP contribution in [0.4, 0.5) is 0 Å². The molecule has 0 saturated carbocycles. The number of rotatable bonds is 3. The van der Waals surface area contributed by atoms with Crippen LogP contribution in [0.5, 0.6) is 0 Å². The highest BCUT2D eigenvalue weighted by molar-refractivity contribution is 6.42. The number of carbonyl (C=O) groups is 1. The molecule has 0 aliphatic rings. The summed E-state index contributed by atoms with van der Waals surface area (Å²) < 4.78 is 0. The Morgan fingerprint density at radius 3 is 2.55 bits per heavy atom. The Balaban J connectivity index is 2.11. The summed E-state index contributed by atoms with van der Waals surface area (Å²) in [7, 11) is 1.70. The van der Waals surface area contributed by atoms with Gasteiger partial charge in [0.05, 0.1) is 21.9 Å². The topological polar surface area (TPSA) is 46.1 Å². The fourth-order valence-electron chi connectivity index (χ4n) is 1.68. The molecule has 0 saturated heterocycles. The van der Waals surface area contributed by atoms with Crippen molar-refractivity contribution in [2.75, 3.05) is 7.05 Å². The number of benzene rings is 1. The number of nitrogens with zero attached hydrogens (tertiary/aromatic N) is 3. The number of amides is 1. The summed E-state index contributed by atoms with van der Waals surface area (Å²) in [6.45, 7) is 2.24. The van der Waals surface area contributed by atoms with Gasteiger partial charge >= 0.3 is 0 Å². The summed E-state index contributed by atoms with van der Waals surface area (Å²) in [6, 6.07) is 5.29. The van der Waals surface area contributed by atoms with Gasteiger partial charge in [0.1, 0.15) is 5.69 Å². The average Bonchev–Trinajstić information content (AvgIpc) is 2.43. The van der Waals surface area contributed by atoms with Gasteiger partial charge in [-0.05, 0) is 24.6 Å². The molecule has 1 heterocycles. The first-order valence-electron chi connectivity index (χ1n) is 5.95. The second kappa shape index (κ2) is 6.20. The minimum atomic E-state index is -0.191. The zero-order chi connectivity index (χ0) is 14.7. The maximum Gasteiger partial charge on any atom is 0.274 e. The van der Waals surface area contributed by atoms with Crippen LogP contribution in [0.15, 0.2) is 30.6 Å². The molecule has 20 heavy (non-hydrogen) atoms. The number of aryl methyl sites for hydroxylation is 1. The van der Waals surface area contributed by atoms with Crippen LogP contribution in [0.1, 0.15) is 21.7 Å². The summed E-state index contributed by atoms with van der Waals surface area (Å²) in [6.07, 6.45) is 3.04. The fraction of sp³-hybridized carbons (Fsp3) is 0.214. The Morgan fingerprint density at radius 2 is 1.95 bits per heavy atom. The van der Waals surface area contributed by atoms with Gasteiger partial charge in [-0.1, -0.05) is 29.3 Å². The first-order valence-corrected chi connectivity index (χ1v) is 6.71. The molecule has 6 heteroatoms. The summed E-state index contributed by atoms with van der Waals surface area (Å²) in [4.78, 5) is 21.9. The minimum absolute atomic E-state index is 0.191. The second-order valence-corrected chi connectivity index (χ2v) is 5.27. The van der Waals surface area contributed by atoms with Gasteiger partial charge in [0.25, 0.3) is 5.91 Å². The average molecular weight is 310 g/mol. The molecule has 0 atom stereocenters. The van der Waals surface area contributed by atoms with Gasteiger partial charge < -0.3 is 4.90 Å². The van der Waals surface area contributed by atoms with Crippen molar-refractivity contribution in [2.45, 2.75) is 13.5 Å². The van der Waals surface area contributed by atoms with Gasteiger partial charge in [-0.2, -0.15) is 0 Å². The highest BCUT2D eigenvalue weighted by Crippen LogP contribution is 2.23. The van der Waals surface area contributed by atoms with E-state index in [9.17, 15) is 4.79 Å². The molecule has 0 unspecified atom stereocenters. The van der Waals surface area contributed by atoms with E-state index in [4.69, 9.17) is 23.2 Å². The van der Waals surface area contributed by atoms with Gasteiger partial charge in [-0.25, -0.2) is 4.98 Å². The first kappa shape index (κ1) is 14.8. The lowest BCUT2D eigenvalue weighted by Gasteiger charge is -2.17. The van der Waals surface area contributed by atoms with Crippen molar-refractivity contribution in [1.82, 2.24) is 14.9 Å². The summed E-state index contributed by atoms with van der Waals surface area (Å²) in [5.41, 5.74) is 1.99. The molecule has 0 N–H and O–H groups in total. The molecule has 1 aromatic heterocycles. The smallest absolute Gasteiger partial charge is 0.274 e. The van der Waals surface area contributed by atoms with Crippen molar-refractivity contribution in [3.05, 3.63) is 57.6 Å². The molecule has 1 aromatic carbocycles. The normalized spacial score (nSPS) is 10.4. The Kier molecular flexibility index (Phi) is 4.57.